The maximum Gasteiger partial charge on any atom is -0.00148 e. The van der Waals surface area contributed by atoms with Crippen molar-refractivity contribution in [2.75, 3.05) is 6.54 Å². The van der Waals surface area contributed by atoms with Gasteiger partial charge in [-0.15, -0.1) is 0 Å². The average Bonchev–Trinajstić information content (AvgIpc) is 2.72. The van der Waals surface area contributed by atoms with Crippen LogP contribution in [-0.4, -0.2) is 6.54 Å². The Morgan fingerprint density at radius 1 is 1.23 bits per heavy atom. The molecule has 0 aromatic rings. The molecule has 0 aromatic carbocycles. The van der Waals surface area contributed by atoms with E-state index in [1.807, 2.05) is 0 Å². The van der Waals surface area contributed by atoms with E-state index in [4.69, 9.17) is 5.73 Å². The zero-order valence-corrected chi connectivity index (χ0v) is 8.47. The van der Waals surface area contributed by atoms with Gasteiger partial charge in [0.1, 0.15) is 0 Å². The normalized spacial score (nSPS) is 35.5. The molecule has 0 aliphatic heterocycles. The molecule has 1 fully saturated rings. The zero-order chi connectivity index (χ0) is 9.15. The molecule has 2 N–H and O–H groups in total. The fourth-order valence-electron chi connectivity index (χ4n) is 3.17. The molecule has 1 heteroatoms. The Balaban J connectivity index is 2.08. The summed E-state index contributed by atoms with van der Waals surface area (Å²) in [5.41, 5.74) is 6.48. The molecule has 0 saturated heterocycles. The van der Waals surface area contributed by atoms with E-state index in [0.717, 1.165) is 12.5 Å². The van der Waals surface area contributed by atoms with Crippen LogP contribution in [0.25, 0.3) is 0 Å². The van der Waals surface area contributed by atoms with Crippen LogP contribution in [0, 0.1) is 11.3 Å². The van der Waals surface area contributed by atoms with Crippen LogP contribution in [0.1, 0.15) is 44.9 Å². The predicted molar refractivity (Wildman–Crippen MR) is 56.4 cm³/mol. The van der Waals surface area contributed by atoms with Gasteiger partial charge in [0.05, 0.1) is 0 Å². The smallest absolute Gasteiger partial charge is 0.00148 e. The number of allylic oxidation sites excluding steroid dienone is 2. The molecule has 0 radical (unpaired) electrons. The maximum atomic E-state index is 5.98. The third-order valence-electron chi connectivity index (χ3n) is 4.13. The number of nitrogens with two attached hydrogens (primary N) is 1. The van der Waals surface area contributed by atoms with Gasteiger partial charge in [-0.25, -0.2) is 0 Å². The summed E-state index contributed by atoms with van der Waals surface area (Å²) < 4.78 is 0. The van der Waals surface area contributed by atoms with Gasteiger partial charge in [-0.1, -0.05) is 25.0 Å². The van der Waals surface area contributed by atoms with Crippen LogP contribution < -0.4 is 5.73 Å². The lowest BCUT2D eigenvalue weighted by Gasteiger charge is -2.39. The Morgan fingerprint density at radius 3 is 2.54 bits per heavy atom. The third-order valence-corrected chi connectivity index (χ3v) is 4.13. The van der Waals surface area contributed by atoms with Crippen molar-refractivity contribution < 1.29 is 0 Å². The molecule has 1 saturated carbocycles. The molecule has 0 bridgehead atoms. The van der Waals surface area contributed by atoms with Crippen LogP contribution in [0.2, 0.25) is 0 Å². The van der Waals surface area contributed by atoms with Crippen LogP contribution in [0.5, 0.6) is 0 Å². The minimum absolute atomic E-state index is 0.491. The highest BCUT2D eigenvalue weighted by molar-refractivity contribution is 5.02. The summed E-state index contributed by atoms with van der Waals surface area (Å²) in [6, 6.07) is 0. The molecule has 2 aliphatic rings. The lowest BCUT2D eigenvalue weighted by molar-refractivity contribution is 0.153. The molecule has 74 valence electrons. The summed E-state index contributed by atoms with van der Waals surface area (Å²) in [5, 5.41) is 0. The molecule has 2 aliphatic carbocycles. The minimum Gasteiger partial charge on any atom is -0.330 e. The zero-order valence-electron chi connectivity index (χ0n) is 8.47. The second-order valence-corrected chi connectivity index (χ2v) is 4.76. The Labute approximate surface area is 81.4 Å². The maximum absolute atomic E-state index is 5.98. The van der Waals surface area contributed by atoms with E-state index in [2.05, 4.69) is 12.2 Å². The molecule has 13 heavy (non-hydrogen) atoms. The van der Waals surface area contributed by atoms with Crippen molar-refractivity contribution >= 4 is 0 Å². The van der Waals surface area contributed by atoms with Crippen molar-refractivity contribution in [1.29, 1.82) is 0 Å². The monoisotopic (exact) mass is 179 g/mol. The summed E-state index contributed by atoms with van der Waals surface area (Å²) in [4.78, 5) is 0. The van der Waals surface area contributed by atoms with Crippen molar-refractivity contribution in [3.8, 4) is 0 Å². The lowest BCUT2D eigenvalue weighted by atomic mass is 9.67. The highest BCUT2D eigenvalue weighted by Gasteiger charge is 2.38. The predicted octanol–water partition coefficient (Wildman–Crippen LogP) is 2.86. The van der Waals surface area contributed by atoms with Crippen LogP contribution in [0.3, 0.4) is 0 Å². The van der Waals surface area contributed by atoms with Gasteiger partial charge < -0.3 is 5.73 Å². The largest absolute Gasteiger partial charge is 0.330 e. The summed E-state index contributed by atoms with van der Waals surface area (Å²) in [6.45, 7) is 0.905. The number of rotatable bonds is 2. The molecule has 0 spiro atoms. The van der Waals surface area contributed by atoms with E-state index < -0.39 is 0 Å². The topological polar surface area (TPSA) is 26.0 Å². The van der Waals surface area contributed by atoms with Crippen molar-refractivity contribution in [1.82, 2.24) is 0 Å². The lowest BCUT2D eigenvalue weighted by Crippen LogP contribution is -2.37. The number of hydrogen-bond acceptors (Lipinski definition) is 1. The molecular weight excluding hydrogens is 158 g/mol. The molecule has 0 heterocycles. The van der Waals surface area contributed by atoms with Gasteiger partial charge >= 0.3 is 0 Å². The van der Waals surface area contributed by atoms with Gasteiger partial charge in [-0.05, 0) is 50.0 Å². The average molecular weight is 179 g/mol. The second kappa shape index (κ2) is 3.83. The van der Waals surface area contributed by atoms with Gasteiger partial charge in [-0.3, -0.25) is 0 Å². The first kappa shape index (κ1) is 9.26. The summed E-state index contributed by atoms with van der Waals surface area (Å²) in [6.07, 6.45) is 14.3. The van der Waals surface area contributed by atoms with E-state index in [0.29, 0.717) is 5.41 Å². The van der Waals surface area contributed by atoms with Gasteiger partial charge in [0.15, 0.2) is 0 Å². The van der Waals surface area contributed by atoms with E-state index in [1.165, 1.54) is 44.9 Å². The van der Waals surface area contributed by atoms with Crippen LogP contribution >= 0.6 is 0 Å². The van der Waals surface area contributed by atoms with Crippen molar-refractivity contribution in [3.05, 3.63) is 12.2 Å². The van der Waals surface area contributed by atoms with E-state index in [1.54, 1.807) is 0 Å². The third kappa shape index (κ3) is 1.67. The molecule has 1 unspecified atom stereocenters. The van der Waals surface area contributed by atoms with Gasteiger partial charge in [0.25, 0.3) is 0 Å². The fourth-order valence-corrected chi connectivity index (χ4v) is 3.17. The van der Waals surface area contributed by atoms with E-state index in [-0.39, 0.29) is 0 Å². The first-order valence-corrected chi connectivity index (χ1v) is 5.72. The first-order chi connectivity index (χ1) is 6.37. The van der Waals surface area contributed by atoms with E-state index in [9.17, 15) is 0 Å². The Kier molecular flexibility index (Phi) is 2.73. The van der Waals surface area contributed by atoms with Gasteiger partial charge in [0.2, 0.25) is 0 Å². The van der Waals surface area contributed by atoms with Crippen molar-refractivity contribution in [2.45, 2.75) is 44.9 Å². The molecular formula is C12H21N. The summed E-state index contributed by atoms with van der Waals surface area (Å²) >= 11 is 0. The summed E-state index contributed by atoms with van der Waals surface area (Å²) in [5.74, 6) is 0.933. The van der Waals surface area contributed by atoms with Gasteiger partial charge in [-0.2, -0.15) is 0 Å². The first-order valence-electron chi connectivity index (χ1n) is 5.72. The van der Waals surface area contributed by atoms with Crippen LogP contribution in [0.15, 0.2) is 12.2 Å². The van der Waals surface area contributed by atoms with Crippen LogP contribution in [0.4, 0.5) is 0 Å². The molecule has 0 aromatic heterocycles. The minimum atomic E-state index is 0.491. The Bertz CT molecular complexity index is 191. The summed E-state index contributed by atoms with van der Waals surface area (Å²) in [7, 11) is 0. The quantitative estimate of drug-likeness (QED) is 0.648. The second-order valence-electron chi connectivity index (χ2n) is 4.76. The Hall–Kier alpha value is -0.300. The molecule has 1 nitrogen and oxygen atoms in total. The van der Waals surface area contributed by atoms with Crippen LogP contribution in [-0.2, 0) is 0 Å². The van der Waals surface area contributed by atoms with Crippen molar-refractivity contribution in [2.24, 2.45) is 17.1 Å². The SMILES string of the molecule is NCC1(C2CCCC2)CC=CCC1. The standard InChI is InChI=1S/C12H21N/c13-10-12(8-4-1-5-9-12)11-6-2-3-7-11/h1,4,11H,2-3,5-10,13H2. The van der Waals surface area contributed by atoms with Crippen molar-refractivity contribution in [3.63, 3.8) is 0 Å². The highest BCUT2D eigenvalue weighted by Crippen LogP contribution is 2.46. The number of hydrogen-bond donors (Lipinski definition) is 1. The Morgan fingerprint density at radius 2 is 2.00 bits per heavy atom. The van der Waals surface area contributed by atoms with E-state index >= 15 is 0 Å². The molecule has 1 atom stereocenters. The molecule has 0 amide bonds. The van der Waals surface area contributed by atoms with Gasteiger partial charge in [0, 0.05) is 0 Å². The molecule has 2 rings (SSSR count). The fraction of sp³-hybridized carbons (Fsp3) is 0.833. The highest BCUT2D eigenvalue weighted by atomic mass is 14.6.